The van der Waals surface area contributed by atoms with Gasteiger partial charge >= 0.3 is 5.97 Å². The second-order valence-corrected chi connectivity index (χ2v) is 5.06. The molecule has 3 N–H and O–H groups in total. The van der Waals surface area contributed by atoms with Crippen molar-refractivity contribution in [1.29, 1.82) is 0 Å². The molecule has 0 amide bonds. The fourth-order valence-electron chi connectivity index (χ4n) is 1.61. The van der Waals surface area contributed by atoms with Gasteiger partial charge in [-0.1, -0.05) is 0 Å². The predicted octanol–water partition coefficient (Wildman–Crippen LogP) is 2.22. The highest BCUT2D eigenvalue weighted by Crippen LogP contribution is 2.41. The van der Waals surface area contributed by atoms with Crippen molar-refractivity contribution in [3.8, 4) is 0 Å². The van der Waals surface area contributed by atoms with Crippen LogP contribution in [0, 0.1) is 5.92 Å². The normalized spacial score (nSPS) is 24.5. The molecule has 0 saturated heterocycles. The first-order chi connectivity index (χ1) is 7.16. The molecule has 0 aliphatic heterocycles. The number of anilines is 1. The van der Waals surface area contributed by atoms with E-state index in [1.165, 1.54) is 0 Å². The molecule has 2 rings (SSSR count). The molecule has 0 heterocycles. The lowest BCUT2D eigenvalue weighted by Gasteiger charge is -2.32. The number of nitrogen functional groups attached to an aromatic ring is 1. The van der Waals surface area contributed by atoms with Gasteiger partial charge in [-0.3, -0.25) is 4.79 Å². The molecule has 2 atom stereocenters. The third kappa shape index (κ3) is 2.26. The van der Waals surface area contributed by atoms with E-state index < -0.39 is 5.97 Å². The topological polar surface area (TPSA) is 63.3 Å². The van der Waals surface area contributed by atoms with Crippen LogP contribution >= 0.6 is 11.8 Å². The zero-order valence-electron chi connectivity index (χ0n) is 8.22. The van der Waals surface area contributed by atoms with E-state index in [0.717, 1.165) is 23.4 Å². The minimum absolute atomic E-state index is 0.174. The van der Waals surface area contributed by atoms with Gasteiger partial charge in [0.05, 0.1) is 5.92 Å². The molecule has 0 aromatic heterocycles. The highest BCUT2D eigenvalue weighted by molar-refractivity contribution is 8.00. The van der Waals surface area contributed by atoms with Gasteiger partial charge in [-0.2, -0.15) is 0 Å². The van der Waals surface area contributed by atoms with Crippen LogP contribution < -0.4 is 5.73 Å². The molecule has 15 heavy (non-hydrogen) atoms. The van der Waals surface area contributed by atoms with E-state index in [1.54, 1.807) is 11.8 Å². The molecule has 0 radical (unpaired) electrons. The van der Waals surface area contributed by atoms with E-state index in [0.29, 0.717) is 0 Å². The number of thioether (sulfide) groups is 1. The fourth-order valence-corrected chi connectivity index (χ4v) is 2.93. The average molecular weight is 223 g/mol. The van der Waals surface area contributed by atoms with Crippen LogP contribution in [0.3, 0.4) is 0 Å². The van der Waals surface area contributed by atoms with Gasteiger partial charge in [0.2, 0.25) is 0 Å². The van der Waals surface area contributed by atoms with Crippen LogP contribution in [0.5, 0.6) is 0 Å². The van der Waals surface area contributed by atoms with Gasteiger partial charge < -0.3 is 10.8 Å². The van der Waals surface area contributed by atoms with E-state index in [9.17, 15) is 4.79 Å². The van der Waals surface area contributed by atoms with Gasteiger partial charge in [0.1, 0.15) is 0 Å². The van der Waals surface area contributed by atoms with E-state index in [4.69, 9.17) is 10.8 Å². The Bertz CT molecular complexity index is 363. The van der Waals surface area contributed by atoms with Crippen molar-refractivity contribution in [2.45, 2.75) is 23.0 Å². The smallest absolute Gasteiger partial charge is 0.307 e. The number of hydrogen-bond donors (Lipinski definition) is 2. The van der Waals surface area contributed by atoms with Crippen molar-refractivity contribution < 1.29 is 9.90 Å². The molecule has 0 bridgehead atoms. The Morgan fingerprint density at radius 3 is 2.47 bits per heavy atom. The van der Waals surface area contributed by atoms with E-state index in [-0.39, 0.29) is 11.2 Å². The quantitative estimate of drug-likeness (QED) is 0.771. The summed E-state index contributed by atoms with van der Waals surface area (Å²) in [6, 6.07) is 7.57. The Kier molecular flexibility index (Phi) is 2.86. The van der Waals surface area contributed by atoms with Crippen LogP contribution in [0.25, 0.3) is 0 Å². The summed E-state index contributed by atoms with van der Waals surface area (Å²) >= 11 is 1.64. The van der Waals surface area contributed by atoms with Crippen molar-refractivity contribution in [3.05, 3.63) is 24.3 Å². The minimum atomic E-state index is -0.672. The molecule has 2 unspecified atom stereocenters. The molecule has 1 aromatic rings. The molecule has 1 fully saturated rings. The first-order valence-electron chi connectivity index (χ1n) is 4.92. The molecule has 0 spiro atoms. The number of carboxylic acids is 1. The van der Waals surface area contributed by atoms with Crippen LogP contribution in [0.4, 0.5) is 5.69 Å². The Morgan fingerprint density at radius 2 is 2.00 bits per heavy atom. The van der Waals surface area contributed by atoms with Gasteiger partial charge in [-0.25, -0.2) is 0 Å². The van der Waals surface area contributed by atoms with Crippen LogP contribution in [0.2, 0.25) is 0 Å². The lowest BCUT2D eigenvalue weighted by molar-refractivity contribution is -0.144. The summed E-state index contributed by atoms with van der Waals surface area (Å²) in [7, 11) is 0. The molecule has 80 valence electrons. The summed E-state index contributed by atoms with van der Waals surface area (Å²) < 4.78 is 0. The second-order valence-electron chi connectivity index (χ2n) is 3.75. The predicted molar refractivity (Wildman–Crippen MR) is 60.9 cm³/mol. The fraction of sp³-hybridized carbons (Fsp3) is 0.364. The van der Waals surface area contributed by atoms with Gasteiger partial charge in [0.15, 0.2) is 0 Å². The van der Waals surface area contributed by atoms with Gasteiger partial charge in [-0.15, -0.1) is 11.8 Å². The molecular formula is C11H13NO2S. The number of carboxylic acid groups (broad SMARTS) is 1. The summed E-state index contributed by atoms with van der Waals surface area (Å²) in [6.45, 7) is 0. The third-order valence-electron chi connectivity index (χ3n) is 2.70. The maximum Gasteiger partial charge on any atom is 0.307 e. The highest BCUT2D eigenvalue weighted by Gasteiger charge is 2.37. The monoisotopic (exact) mass is 223 g/mol. The lowest BCUT2D eigenvalue weighted by atomic mass is 9.85. The number of nitrogens with two attached hydrogens (primary N) is 1. The molecule has 3 nitrogen and oxygen atoms in total. The maximum absolute atomic E-state index is 10.8. The summed E-state index contributed by atoms with van der Waals surface area (Å²) in [5.41, 5.74) is 6.31. The minimum Gasteiger partial charge on any atom is -0.481 e. The number of aliphatic carboxylic acids is 1. The van der Waals surface area contributed by atoms with E-state index in [2.05, 4.69) is 0 Å². The number of rotatable bonds is 3. The summed E-state index contributed by atoms with van der Waals surface area (Å²) in [5, 5.41) is 9.12. The Hall–Kier alpha value is -1.16. The standard InChI is InChI=1S/C11H13NO2S/c12-7-1-3-8(4-2-7)15-10-6-5-9(10)11(13)14/h1-4,9-10H,5-6,12H2,(H,13,14). The second kappa shape index (κ2) is 4.14. The molecule has 1 aliphatic carbocycles. The lowest BCUT2D eigenvalue weighted by Crippen LogP contribution is -2.35. The van der Waals surface area contributed by atoms with Crippen molar-refractivity contribution in [2.75, 3.05) is 5.73 Å². The van der Waals surface area contributed by atoms with Crippen LogP contribution in [-0.4, -0.2) is 16.3 Å². The van der Waals surface area contributed by atoms with E-state index in [1.807, 2.05) is 24.3 Å². The Balaban J connectivity index is 1.97. The number of benzene rings is 1. The SMILES string of the molecule is Nc1ccc(SC2CCC2C(=O)O)cc1. The zero-order valence-corrected chi connectivity index (χ0v) is 9.04. The largest absolute Gasteiger partial charge is 0.481 e. The molecule has 1 saturated carbocycles. The molecular weight excluding hydrogens is 210 g/mol. The summed E-state index contributed by atoms with van der Waals surface area (Å²) in [6.07, 6.45) is 1.80. The van der Waals surface area contributed by atoms with Crippen LogP contribution in [0.1, 0.15) is 12.8 Å². The van der Waals surface area contributed by atoms with Crippen LogP contribution in [-0.2, 0) is 4.79 Å². The Labute approximate surface area is 92.7 Å². The number of carbonyl (C=O) groups is 1. The van der Waals surface area contributed by atoms with Gasteiger partial charge in [0, 0.05) is 15.8 Å². The molecule has 4 heteroatoms. The Morgan fingerprint density at radius 1 is 1.33 bits per heavy atom. The first-order valence-corrected chi connectivity index (χ1v) is 5.80. The van der Waals surface area contributed by atoms with Gasteiger partial charge in [-0.05, 0) is 37.1 Å². The van der Waals surface area contributed by atoms with Crippen molar-refractivity contribution in [3.63, 3.8) is 0 Å². The summed E-state index contributed by atoms with van der Waals surface area (Å²) in [4.78, 5) is 11.9. The van der Waals surface area contributed by atoms with Gasteiger partial charge in [0.25, 0.3) is 0 Å². The summed E-state index contributed by atoms with van der Waals surface area (Å²) in [5.74, 6) is -0.846. The first kappa shape index (κ1) is 10.4. The van der Waals surface area contributed by atoms with Crippen molar-refractivity contribution in [2.24, 2.45) is 5.92 Å². The highest BCUT2D eigenvalue weighted by atomic mass is 32.2. The number of hydrogen-bond acceptors (Lipinski definition) is 3. The average Bonchev–Trinajstić information content (AvgIpc) is 2.14. The molecule has 1 aromatic carbocycles. The third-order valence-corrected chi connectivity index (χ3v) is 4.11. The maximum atomic E-state index is 10.8. The zero-order chi connectivity index (χ0) is 10.8. The van der Waals surface area contributed by atoms with Crippen molar-refractivity contribution >= 4 is 23.4 Å². The van der Waals surface area contributed by atoms with Crippen molar-refractivity contribution in [1.82, 2.24) is 0 Å². The van der Waals surface area contributed by atoms with Crippen LogP contribution in [0.15, 0.2) is 29.2 Å². The van der Waals surface area contributed by atoms with E-state index >= 15 is 0 Å². The molecule has 1 aliphatic rings.